The Morgan fingerprint density at radius 2 is 2.11 bits per heavy atom. The minimum atomic E-state index is 0.440. The minimum absolute atomic E-state index is 0.440. The highest BCUT2D eigenvalue weighted by atomic mass is 14.8. The number of hydrogen-bond donors (Lipinski definition) is 2. The highest BCUT2D eigenvalue weighted by Gasteiger charge is 1.96. The van der Waals surface area contributed by atoms with Crippen LogP contribution in [0.2, 0.25) is 0 Å². The van der Waals surface area contributed by atoms with Crippen molar-refractivity contribution < 1.29 is 0 Å². The molecule has 0 spiro atoms. The van der Waals surface area contributed by atoms with E-state index in [1.807, 2.05) is 13.2 Å². The van der Waals surface area contributed by atoms with E-state index in [-0.39, 0.29) is 0 Å². The molecule has 0 aliphatic heterocycles. The zero-order chi connectivity index (χ0) is 7.28. The first-order chi connectivity index (χ1) is 4.22. The molecule has 0 atom stereocenters. The Bertz CT molecular complexity index is 114. The fraction of sp³-hybridized carbons (Fsp3) is 0.571. The molecule has 2 N–H and O–H groups in total. The third kappa shape index (κ3) is 2.90. The van der Waals surface area contributed by atoms with Crippen LogP contribution in [0.3, 0.4) is 0 Å². The molecular weight excluding hydrogens is 112 g/mol. The smallest absolute Gasteiger partial charge is 0.0226 e. The van der Waals surface area contributed by atoms with Crippen LogP contribution in [0.4, 0.5) is 0 Å². The molecule has 0 saturated carbocycles. The lowest BCUT2D eigenvalue weighted by Gasteiger charge is -2.02. The third-order valence-corrected chi connectivity index (χ3v) is 1.14. The molecule has 52 valence electrons. The van der Waals surface area contributed by atoms with Gasteiger partial charge in [-0.3, -0.25) is 0 Å². The summed E-state index contributed by atoms with van der Waals surface area (Å²) in [5, 5.41) is 9.85. The Kier molecular flexibility index (Phi) is 3.76. The maximum absolute atomic E-state index is 6.96. The molecule has 2 heteroatoms. The van der Waals surface area contributed by atoms with Crippen molar-refractivity contribution in [3.63, 3.8) is 0 Å². The summed E-state index contributed by atoms with van der Waals surface area (Å²) < 4.78 is 0. The van der Waals surface area contributed by atoms with E-state index in [9.17, 15) is 0 Å². The van der Waals surface area contributed by atoms with Crippen molar-refractivity contribution in [2.24, 2.45) is 5.92 Å². The summed E-state index contributed by atoms with van der Waals surface area (Å²) in [5.41, 5.74) is 1.03. The van der Waals surface area contributed by atoms with Crippen molar-refractivity contribution in [2.75, 3.05) is 7.05 Å². The van der Waals surface area contributed by atoms with Crippen LogP contribution in [0.15, 0.2) is 11.8 Å². The first-order valence-corrected chi connectivity index (χ1v) is 3.10. The molecule has 0 radical (unpaired) electrons. The van der Waals surface area contributed by atoms with Crippen LogP contribution in [0.25, 0.3) is 0 Å². The average Bonchev–Trinajstić information content (AvgIpc) is 1.82. The monoisotopic (exact) mass is 126 g/mol. The van der Waals surface area contributed by atoms with E-state index < -0.39 is 0 Å². The number of nitrogens with one attached hydrogen (secondary N) is 2. The van der Waals surface area contributed by atoms with Gasteiger partial charge in [0.2, 0.25) is 0 Å². The lowest BCUT2D eigenvalue weighted by molar-refractivity contribution is 0.795. The summed E-state index contributed by atoms with van der Waals surface area (Å²) in [7, 11) is 1.84. The number of hydrogen-bond acceptors (Lipinski definition) is 2. The van der Waals surface area contributed by atoms with Crippen LogP contribution in [0.1, 0.15) is 13.8 Å². The fourth-order valence-electron chi connectivity index (χ4n) is 0.542. The maximum Gasteiger partial charge on any atom is 0.0226 e. The molecular formula is C7H14N2. The van der Waals surface area contributed by atoms with Crippen LogP contribution < -0.4 is 5.32 Å². The molecule has 0 fully saturated rings. The average molecular weight is 126 g/mol. The summed E-state index contributed by atoms with van der Waals surface area (Å²) in [5.74, 6) is 0.440. The molecule has 0 aromatic carbocycles. The molecule has 0 unspecified atom stereocenters. The van der Waals surface area contributed by atoms with Crippen molar-refractivity contribution in [1.82, 2.24) is 5.32 Å². The topological polar surface area (TPSA) is 35.9 Å². The highest BCUT2D eigenvalue weighted by molar-refractivity contribution is 5.75. The highest BCUT2D eigenvalue weighted by Crippen LogP contribution is 2.03. The van der Waals surface area contributed by atoms with Gasteiger partial charge in [-0.2, -0.15) is 0 Å². The predicted octanol–water partition coefficient (Wildman–Crippen LogP) is 1.40. The van der Waals surface area contributed by atoms with Crippen molar-refractivity contribution in [1.29, 1.82) is 5.41 Å². The molecule has 0 bridgehead atoms. The summed E-state index contributed by atoms with van der Waals surface area (Å²) in [6.07, 6.45) is 3.22. The summed E-state index contributed by atoms with van der Waals surface area (Å²) in [6, 6.07) is 0. The number of rotatable bonds is 3. The molecule has 0 aliphatic carbocycles. The Balaban J connectivity index is 3.97. The first kappa shape index (κ1) is 8.21. The predicted molar refractivity (Wildman–Crippen MR) is 40.8 cm³/mol. The van der Waals surface area contributed by atoms with Gasteiger partial charge in [-0.05, 0) is 11.5 Å². The van der Waals surface area contributed by atoms with E-state index >= 15 is 0 Å². The molecule has 0 aliphatic rings. The van der Waals surface area contributed by atoms with Gasteiger partial charge in [-0.25, -0.2) is 0 Å². The van der Waals surface area contributed by atoms with Crippen LogP contribution in [-0.2, 0) is 0 Å². The van der Waals surface area contributed by atoms with Gasteiger partial charge in [0.1, 0.15) is 0 Å². The molecule has 0 aromatic heterocycles. The van der Waals surface area contributed by atoms with Gasteiger partial charge in [-0.1, -0.05) is 13.8 Å². The number of allylic oxidation sites excluding steroid dienone is 1. The van der Waals surface area contributed by atoms with E-state index in [4.69, 9.17) is 5.41 Å². The molecule has 0 aromatic rings. The Morgan fingerprint density at radius 1 is 1.56 bits per heavy atom. The first-order valence-electron chi connectivity index (χ1n) is 3.10. The van der Waals surface area contributed by atoms with E-state index in [0.717, 1.165) is 5.57 Å². The Morgan fingerprint density at radius 3 is 2.22 bits per heavy atom. The van der Waals surface area contributed by atoms with Crippen molar-refractivity contribution in [3.8, 4) is 0 Å². The zero-order valence-electron chi connectivity index (χ0n) is 6.23. The summed E-state index contributed by atoms with van der Waals surface area (Å²) in [4.78, 5) is 0. The van der Waals surface area contributed by atoms with E-state index in [2.05, 4.69) is 19.2 Å². The third-order valence-electron chi connectivity index (χ3n) is 1.14. The van der Waals surface area contributed by atoms with Gasteiger partial charge in [0, 0.05) is 19.5 Å². The van der Waals surface area contributed by atoms with Gasteiger partial charge in [0.15, 0.2) is 0 Å². The van der Waals surface area contributed by atoms with Gasteiger partial charge < -0.3 is 10.7 Å². The lowest BCUT2D eigenvalue weighted by atomic mass is 10.1. The molecule has 0 saturated heterocycles. The summed E-state index contributed by atoms with van der Waals surface area (Å²) >= 11 is 0. The normalized spacial score (nSPS) is 11.8. The van der Waals surface area contributed by atoms with Crippen LogP contribution in [-0.4, -0.2) is 13.3 Å². The second-order valence-corrected chi connectivity index (χ2v) is 2.23. The quantitative estimate of drug-likeness (QED) is 0.551. The van der Waals surface area contributed by atoms with Crippen LogP contribution in [0.5, 0.6) is 0 Å². The van der Waals surface area contributed by atoms with Crippen molar-refractivity contribution in [3.05, 3.63) is 11.8 Å². The SMILES string of the molecule is CN/C=C(\C=N)C(C)C. The largest absolute Gasteiger partial charge is 0.394 e. The maximum atomic E-state index is 6.96. The van der Waals surface area contributed by atoms with E-state index in [1.54, 1.807) is 0 Å². The van der Waals surface area contributed by atoms with Crippen molar-refractivity contribution in [2.45, 2.75) is 13.8 Å². The Labute approximate surface area is 56.5 Å². The zero-order valence-corrected chi connectivity index (χ0v) is 6.23. The van der Waals surface area contributed by atoms with Crippen LogP contribution >= 0.6 is 0 Å². The molecule has 0 amide bonds. The fourth-order valence-corrected chi connectivity index (χ4v) is 0.542. The molecule has 0 rings (SSSR count). The van der Waals surface area contributed by atoms with Gasteiger partial charge >= 0.3 is 0 Å². The summed E-state index contributed by atoms with van der Waals surface area (Å²) in [6.45, 7) is 4.13. The molecule has 0 heterocycles. The van der Waals surface area contributed by atoms with E-state index in [0.29, 0.717) is 5.92 Å². The second-order valence-electron chi connectivity index (χ2n) is 2.23. The molecule has 2 nitrogen and oxygen atoms in total. The van der Waals surface area contributed by atoms with Gasteiger partial charge in [-0.15, -0.1) is 0 Å². The van der Waals surface area contributed by atoms with E-state index in [1.165, 1.54) is 6.21 Å². The lowest BCUT2D eigenvalue weighted by Crippen LogP contribution is -2.02. The standard InChI is InChI=1S/C7H14N2/c1-6(2)7(4-8)5-9-3/h4-6,8-9H,1-3H3/b7-5+,8-4?. The second kappa shape index (κ2) is 4.13. The minimum Gasteiger partial charge on any atom is -0.394 e. The van der Waals surface area contributed by atoms with Crippen LogP contribution in [0, 0.1) is 11.3 Å². The van der Waals surface area contributed by atoms with Gasteiger partial charge in [0.05, 0.1) is 0 Å². The van der Waals surface area contributed by atoms with Crippen molar-refractivity contribution >= 4 is 6.21 Å². The van der Waals surface area contributed by atoms with Gasteiger partial charge in [0.25, 0.3) is 0 Å². The molecule has 9 heavy (non-hydrogen) atoms. The Hall–Kier alpha value is -0.790.